The molecule has 0 aliphatic heterocycles. The molecule has 0 rings (SSSR count). The quantitative estimate of drug-likeness (QED) is 0.278. The molecule has 0 aliphatic rings. The van der Waals surface area contributed by atoms with Gasteiger partial charge in [0, 0.05) is 0 Å². The molecule has 0 radical (unpaired) electrons. The zero-order valence-corrected chi connectivity index (χ0v) is 17.3. The Bertz CT molecular complexity index is 347. The first-order valence-corrected chi connectivity index (χ1v) is 10.6. The lowest BCUT2D eigenvalue weighted by molar-refractivity contribution is -0.149. The fourth-order valence-corrected chi connectivity index (χ4v) is 2.96. The van der Waals surface area contributed by atoms with Gasteiger partial charge in [0.05, 0.1) is 20.2 Å². The molecule has 0 aromatic rings. The second-order valence-electron chi connectivity index (χ2n) is 7.05. The maximum Gasteiger partial charge on any atom is 0.320 e. The van der Waals surface area contributed by atoms with E-state index in [1.807, 2.05) is 0 Å². The molecule has 0 spiro atoms. The van der Waals surface area contributed by atoms with Crippen LogP contribution in [0.3, 0.4) is 0 Å². The Morgan fingerprint density at radius 3 is 1.69 bits per heavy atom. The summed E-state index contributed by atoms with van der Waals surface area (Å²) < 4.78 is 10.2. The first-order chi connectivity index (χ1) is 12.6. The molecule has 154 valence electrons. The lowest BCUT2D eigenvalue weighted by Gasteiger charge is -2.18. The standard InChI is InChI=1S/C21H41NO4/c1-4-6-8-10-12-14-16-19(15-13-11-9-7-5-2)26-21(24)18-22-17-20(23)25-3/h19,22H,4-18H2,1-3H3. The molecular weight excluding hydrogens is 330 g/mol. The lowest BCUT2D eigenvalue weighted by atomic mass is 10.0. The molecular formula is C21H41NO4. The number of rotatable bonds is 18. The average molecular weight is 372 g/mol. The van der Waals surface area contributed by atoms with Crippen molar-refractivity contribution in [3.05, 3.63) is 0 Å². The van der Waals surface area contributed by atoms with E-state index in [0.29, 0.717) is 0 Å². The van der Waals surface area contributed by atoms with E-state index < -0.39 is 0 Å². The molecule has 0 bridgehead atoms. The van der Waals surface area contributed by atoms with Gasteiger partial charge in [0.1, 0.15) is 6.10 Å². The fourth-order valence-electron chi connectivity index (χ4n) is 2.96. The summed E-state index contributed by atoms with van der Waals surface area (Å²) in [4.78, 5) is 23.1. The summed E-state index contributed by atoms with van der Waals surface area (Å²) in [6.07, 6.45) is 15.5. The van der Waals surface area contributed by atoms with Gasteiger partial charge >= 0.3 is 11.9 Å². The van der Waals surface area contributed by atoms with Gasteiger partial charge in [-0.15, -0.1) is 0 Å². The summed E-state index contributed by atoms with van der Waals surface area (Å²) in [7, 11) is 1.33. The van der Waals surface area contributed by atoms with Crippen molar-refractivity contribution in [2.45, 2.75) is 103 Å². The van der Waals surface area contributed by atoms with Gasteiger partial charge in [-0.25, -0.2) is 0 Å². The molecule has 0 heterocycles. The third kappa shape index (κ3) is 16.4. The molecule has 5 heteroatoms. The highest BCUT2D eigenvalue weighted by Gasteiger charge is 2.14. The Balaban J connectivity index is 4.07. The molecule has 0 aliphatic carbocycles. The van der Waals surface area contributed by atoms with Crippen molar-refractivity contribution in [1.29, 1.82) is 0 Å². The minimum atomic E-state index is -0.377. The van der Waals surface area contributed by atoms with Crippen molar-refractivity contribution >= 4 is 11.9 Å². The number of carbonyl (C=O) groups is 2. The van der Waals surface area contributed by atoms with Crippen LogP contribution >= 0.6 is 0 Å². The third-order valence-electron chi connectivity index (χ3n) is 4.57. The summed E-state index contributed by atoms with van der Waals surface area (Å²) in [6.45, 7) is 4.52. The number of ether oxygens (including phenoxy) is 2. The Labute approximate surface area is 160 Å². The van der Waals surface area contributed by atoms with Gasteiger partial charge in [0.2, 0.25) is 0 Å². The van der Waals surface area contributed by atoms with E-state index in [-0.39, 0.29) is 31.1 Å². The Morgan fingerprint density at radius 2 is 1.19 bits per heavy atom. The van der Waals surface area contributed by atoms with Crippen LogP contribution in [0.5, 0.6) is 0 Å². The average Bonchev–Trinajstić information content (AvgIpc) is 2.63. The molecule has 0 fully saturated rings. The van der Waals surface area contributed by atoms with Crippen LogP contribution in [0.25, 0.3) is 0 Å². The molecule has 1 atom stereocenters. The largest absolute Gasteiger partial charge is 0.468 e. The molecule has 0 amide bonds. The number of carbonyl (C=O) groups excluding carboxylic acids is 2. The Hall–Kier alpha value is -1.10. The van der Waals surface area contributed by atoms with Crippen LogP contribution in [0.1, 0.15) is 97.3 Å². The maximum absolute atomic E-state index is 12.0. The van der Waals surface area contributed by atoms with Gasteiger partial charge in [-0.2, -0.15) is 0 Å². The van der Waals surface area contributed by atoms with E-state index in [2.05, 4.69) is 23.9 Å². The highest BCUT2D eigenvalue weighted by atomic mass is 16.5. The van der Waals surface area contributed by atoms with Gasteiger partial charge in [0.25, 0.3) is 0 Å². The predicted molar refractivity (Wildman–Crippen MR) is 106 cm³/mol. The minimum Gasteiger partial charge on any atom is -0.468 e. The van der Waals surface area contributed by atoms with Gasteiger partial charge < -0.3 is 9.47 Å². The second kappa shape index (κ2) is 18.7. The molecule has 0 saturated heterocycles. The summed E-state index contributed by atoms with van der Waals surface area (Å²) in [5, 5.41) is 2.77. The van der Waals surface area contributed by atoms with Gasteiger partial charge in [-0.1, -0.05) is 71.6 Å². The molecule has 0 aromatic heterocycles. The first-order valence-electron chi connectivity index (χ1n) is 10.6. The van der Waals surface area contributed by atoms with E-state index in [1.165, 1.54) is 64.9 Å². The van der Waals surface area contributed by atoms with Crippen LogP contribution in [0.4, 0.5) is 0 Å². The van der Waals surface area contributed by atoms with Crippen LogP contribution in [0.2, 0.25) is 0 Å². The molecule has 1 N–H and O–H groups in total. The second-order valence-corrected chi connectivity index (χ2v) is 7.05. The van der Waals surface area contributed by atoms with E-state index in [1.54, 1.807) is 0 Å². The Morgan fingerprint density at radius 1 is 0.731 bits per heavy atom. The van der Waals surface area contributed by atoms with Crippen molar-refractivity contribution < 1.29 is 19.1 Å². The first kappa shape index (κ1) is 24.9. The number of esters is 2. The van der Waals surface area contributed by atoms with Gasteiger partial charge in [-0.05, 0) is 25.7 Å². The van der Waals surface area contributed by atoms with E-state index >= 15 is 0 Å². The van der Waals surface area contributed by atoms with Crippen LogP contribution in [0.15, 0.2) is 0 Å². The summed E-state index contributed by atoms with van der Waals surface area (Å²) in [5.41, 5.74) is 0. The summed E-state index contributed by atoms with van der Waals surface area (Å²) >= 11 is 0. The van der Waals surface area contributed by atoms with Crippen molar-refractivity contribution in [3.8, 4) is 0 Å². The van der Waals surface area contributed by atoms with Crippen molar-refractivity contribution in [1.82, 2.24) is 5.32 Å². The SMILES string of the molecule is CCCCCCCCC(CCCCCCC)OC(=O)CNCC(=O)OC. The normalized spacial score (nSPS) is 12.0. The Kier molecular flexibility index (Phi) is 17.9. The van der Waals surface area contributed by atoms with Crippen molar-refractivity contribution in [3.63, 3.8) is 0 Å². The van der Waals surface area contributed by atoms with Crippen molar-refractivity contribution in [2.75, 3.05) is 20.2 Å². The highest BCUT2D eigenvalue weighted by molar-refractivity contribution is 5.74. The van der Waals surface area contributed by atoms with E-state index in [0.717, 1.165) is 25.7 Å². The zero-order valence-electron chi connectivity index (χ0n) is 17.3. The highest BCUT2D eigenvalue weighted by Crippen LogP contribution is 2.16. The molecule has 0 aromatic carbocycles. The summed E-state index contributed by atoms with van der Waals surface area (Å²) in [5.74, 6) is -0.657. The number of unbranched alkanes of at least 4 members (excludes halogenated alkanes) is 9. The zero-order chi connectivity index (χ0) is 19.5. The molecule has 0 saturated carbocycles. The van der Waals surface area contributed by atoms with Gasteiger partial charge in [-0.3, -0.25) is 14.9 Å². The number of hydrogen-bond acceptors (Lipinski definition) is 5. The molecule has 26 heavy (non-hydrogen) atoms. The van der Waals surface area contributed by atoms with E-state index in [4.69, 9.17) is 4.74 Å². The smallest absolute Gasteiger partial charge is 0.320 e. The third-order valence-corrected chi connectivity index (χ3v) is 4.57. The van der Waals surface area contributed by atoms with Crippen LogP contribution in [-0.4, -0.2) is 38.2 Å². The minimum absolute atomic E-state index is 0.00947. The number of hydrogen-bond donors (Lipinski definition) is 1. The molecule has 1 unspecified atom stereocenters. The number of methoxy groups -OCH3 is 1. The fraction of sp³-hybridized carbons (Fsp3) is 0.905. The monoisotopic (exact) mass is 371 g/mol. The maximum atomic E-state index is 12.0. The summed E-state index contributed by atoms with van der Waals surface area (Å²) in [6, 6.07) is 0. The topological polar surface area (TPSA) is 64.6 Å². The van der Waals surface area contributed by atoms with Crippen molar-refractivity contribution in [2.24, 2.45) is 0 Å². The van der Waals surface area contributed by atoms with Crippen LogP contribution in [-0.2, 0) is 19.1 Å². The van der Waals surface area contributed by atoms with E-state index in [9.17, 15) is 9.59 Å². The van der Waals surface area contributed by atoms with Gasteiger partial charge in [0.15, 0.2) is 0 Å². The number of nitrogens with one attached hydrogen (secondary N) is 1. The predicted octanol–water partition coefficient (Wildman–Crippen LogP) is 4.77. The van der Waals surface area contributed by atoms with Crippen LogP contribution in [0, 0.1) is 0 Å². The lowest BCUT2D eigenvalue weighted by Crippen LogP contribution is -2.32. The molecule has 5 nitrogen and oxygen atoms in total. The van der Waals surface area contributed by atoms with Crippen LogP contribution < -0.4 is 5.32 Å².